The summed E-state index contributed by atoms with van der Waals surface area (Å²) in [6, 6.07) is 8.35. The van der Waals surface area contributed by atoms with Crippen molar-refractivity contribution in [2.75, 3.05) is 6.54 Å². The third-order valence-electron chi connectivity index (χ3n) is 3.28. The summed E-state index contributed by atoms with van der Waals surface area (Å²) >= 11 is 0. The first-order valence-electron chi connectivity index (χ1n) is 6.88. The van der Waals surface area contributed by atoms with Crippen LogP contribution in [0, 0.1) is 12.8 Å². The van der Waals surface area contributed by atoms with Crippen molar-refractivity contribution in [2.45, 2.75) is 33.7 Å². The fourth-order valence-corrected chi connectivity index (χ4v) is 2.17. The SMILES string of the molecule is Cc1ccc2c(ccn2CC(=O)NCCC(C)C)c1. The number of rotatable bonds is 5. The molecule has 1 amide bonds. The van der Waals surface area contributed by atoms with Crippen molar-refractivity contribution in [1.29, 1.82) is 0 Å². The lowest BCUT2D eigenvalue weighted by Gasteiger charge is -2.09. The van der Waals surface area contributed by atoms with Crippen LogP contribution in [0.3, 0.4) is 0 Å². The van der Waals surface area contributed by atoms with Gasteiger partial charge in [-0.15, -0.1) is 0 Å². The Balaban J connectivity index is 1.99. The van der Waals surface area contributed by atoms with Gasteiger partial charge in [0.05, 0.1) is 0 Å². The zero-order valence-corrected chi connectivity index (χ0v) is 11.9. The summed E-state index contributed by atoms with van der Waals surface area (Å²) in [5.41, 5.74) is 2.36. The molecule has 2 aromatic rings. The number of carbonyl (C=O) groups is 1. The molecule has 1 aromatic heterocycles. The van der Waals surface area contributed by atoms with Gasteiger partial charge in [-0.2, -0.15) is 0 Å². The van der Waals surface area contributed by atoms with Gasteiger partial charge in [0.15, 0.2) is 0 Å². The van der Waals surface area contributed by atoms with Gasteiger partial charge >= 0.3 is 0 Å². The van der Waals surface area contributed by atoms with Crippen molar-refractivity contribution < 1.29 is 4.79 Å². The van der Waals surface area contributed by atoms with Crippen LogP contribution in [0.4, 0.5) is 0 Å². The lowest BCUT2D eigenvalue weighted by atomic mass is 10.1. The summed E-state index contributed by atoms with van der Waals surface area (Å²) < 4.78 is 2.00. The van der Waals surface area contributed by atoms with E-state index in [9.17, 15) is 4.79 Å². The van der Waals surface area contributed by atoms with Crippen molar-refractivity contribution in [2.24, 2.45) is 5.92 Å². The summed E-state index contributed by atoms with van der Waals surface area (Å²) in [6.45, 7) is 7.55. The molecule has 0 unspecified atom stereocenters. The molecule has 0 radical (unpaired) electrons. The molecule has 0 aliphatic carbocycles. The quantitative estimate of drug-likeness (QED) is 0.878. The molecule has 3 nitrogen and oxygen atoms in total. The molecule has 102 valence electrons. The van der Waals surface area contributed by atoms with Crippen LogP contribution in [0.15, 0.2) is 30.5 Å². The highest BCUT2D eigenvalue weighted by molar-refractivity contribution is 5.83. The monoisotopic (exact) mass is 258 g/mol. The first-order chi connectivity index (χ1) is 9.06. The van der Waals surface area contributed by atoms with Gasteiger partial charge in [0.2, 0.25) is 5.91 Å². The number of fused-ring (bicyclic) bond motifs is 1. The van der Waals surface area contributed by atoms with Gasteiger partial charge in [0.25, 0.3) is 0 Å². The standard InChI is InChI=1S/C16H22N2O/c1-12(2)6-8-17-16(19)11-18-9-7-14-10-13(3)4-5-15(14)18/h4-5,7,9-10,12H,6,8,11H2,1-3H3,(H,17,19). The van der Waals surface area contributed by atoms with E-state index in [-0.39, 0.29) is 5.91 Å². The summed E-state index contributed by atoms with van der Waals surface area (Å²) in [5.74, 6) is 0.703. The van der Waals surface area contributed by atoms with E-state index < -0.39 is 0 Å². The fourth-order valence-electron chi connectivity index (χ4n) is 2.17. The van der Waals surface area contributed by atoms with Crippen LogP contribution in [0.1, 0.15) is 25.8 Å². The first kappa shape index (κ1) is 13.7. The van der Waals surface area contributed by atoms with Gasteiger partial charge in [-0.3, -0.25) is 4.79 Å². The highest BCUT2D eigenvalue weighted by Crippen LogP contribution is 2.17. The van der Waals surface area contributed by atoms with Crippen LogP contribution >= 0.6 is 0 Å². The number of aryl methyl sites for hydroxylation is 1. The molecule has 0 aliphatic heterocycles. The lowest BCUT2D eigenvalue weighted by molar-refractivity contribution is -0.121. The second-order valence-corrected chi connectivity index (χ2v) is 5.54. The van der Waals surface area contributed by atoms with E-state index in [0.29, 0.717) is 12.5 Å². The normalized spacial score (nSPS) is 11.2. The minimum absolute atomic E-state index is 0.0822. The van der Waals surface area contributed by atoms with Crippen molar-refractivity contribution in [3.63, 3.8) is 0 Å². The topological polar surface area (TPSA) is 34.0 Å². The van der Waals surface area contributed by atoms with Crippen molar-refractivity contribution in [3.05, 3.63) is 36.0 Å². The van der Waals surface area contributed by atoms with Crippen molar-refractivity contribution >= 4 is 16.8 Å². The minimum Gasteiger partial charge on any atom is -0.355 e. The van der Waals surface area contributed by atoms with Gasteiger partial charge in [0.1, 0.15) is 6.54 Å². The average molecular weight is 258 g/mol. The average Bonchev–Trinajstić information content (AvgIpc) is 2.71. The Morgan fingerprint density at radius 3 is 2.84 bits per heavy atom. The van der Waals surface area contributed by atoms with Crippen LogP contribution in [0.25, 0.3) is 10.9 Å². The van der Waals surface area contributed by atoms with Crippen LogP contribution in [-0.2, 0) is 11.3 Å². The molecule has 0 spiro atoms. The maximum Gasteiger partial charge on any atom is 0.239 e. The summed E-state index contributed by atoms with van der Waals surface area (Å²) in [6.07, 6.45) is 3.00. The van der Waals surface area contributed by atoms with Gasteiger partial charge < -0.3 is 9.88 Å². The maximum atomic E-state index is 11.9. The zero-order valence-electron chi connectivity index (χ0n) is 11.9. The molecule has 0 saturated carbocycles. The van der Waals surface area contributed by atoms with Gasteiger partial charge in [0, 0.05) is 18.3 Å². The first-order valence-corrected chi connectivity index (χ1v) is 6.88. The number of aromatic nitrogens is 1. The van der Waals surface area contributed by atoms with Gasteiger partial charge in [-0.05, 0) is 42.8 Å². The minimum atomic E-state index is 0.0822. The second-order valence-electron chi connectivity index (χ2n) is 5.54. The molecule has 1 aromatic carbocycles. The van der Waals surface area contributed by atoms with E-state index in [1.54, 1.807) is 0 Å². The maximum absolute atomic E-state index is 11.9. The molecule has 1 N–H and O–H groups in total. The van der Waals surface area contributed by atoms with E-state index >= 15 is 0 Å². The second kappa shape index (κ2) is 5.91. The molecule has 0 aliphatic rings. The van der Waals surface area contributed by atoms with Crippen LogP contribution in [0.5, 0.6) is 0 Å². The lowest BCUT2D eigenvalue weighted by Crippen LogP contribution is -2.28. The number of carbonyl (C=O) groups excluding carboxylic acids is 1. The predicted octanol–water partition coefficient (Wildman–Crippen LogP) is 3.11. The van der Waals surface area contributed by atoms with Gasteiger partial charge in [-0.1, -0.05) is 25.5 Å². The van der Waals surface area contributed by atoms with Crippen molar-refractivity contribution in [3.8, 4) is 0 Å². The molecular weight excluding hydrogens is 236 g/mol. The molecule has 1 heterocycles. The Bertz CT molecular complexity index is 569. The smallest absolute Gasteiger partial charge is 0.239 e. The predicted molar refractivity (Wildman–Crippen MR) is 79.1 cm³/mol. The number of nitrogens with zero attached hydrogens (tertiary/aromatic N) is 1. The Kier molecular flexibility index (Phi) is 4.25. The van der Waals surface area contributed by atoms with E-state index in [0.717, 1.165) is 18.5 Å². The molecule has 19 heavy (non-hydrogen) atoms. The molecule has 0 saturated heterocycles. The highest BCUT2D eigenvalue weighted by atomic mass is 16.1. The number of hydrogen-bond donors (Lipinski definition) is 1. The number of amides is 1. The third kappa shape index (κ3) is 3.60. The van der Waals surface area contributed by atoms with E-state index in [1.807, 2.05) is 10.8 Å². The molecule has 3 heteroatoms. The third-order valence-corrected chi connectivity index (χ3v) is 3.28. The molecular formula is C16H22N2O. The van der Waals surface area contributed by atoms with Gasteiger partial charge in [-0.25, -0.2) is 0 Å². The highest BCUT2D eigenvalue weighted by Gasteiger charge is 2.06. The summed E-state index contributed by atoms with van der Waals surface area (Å²) in [5, 5.41) is 4.16. The Hall–Kier alpha value is -1.77. The Morgan fingerprint density at radius 1 is 1.32 bits per heavy atom. The van der Waals surface area contributed by atoms with E-state index in [4.69, 9.17) is 0 Å². The number of benzene rings is 1. The number of nitrogens with one attached hydrogen (secondary N) is 1. The van der Waals surface area contributed by atoms with Crippen LogP contribution < -0.4 is 5.32 Å². The zero-order chi connectivity index (χ0) is 13.8. The van der Waals surface area contributed by atoms with Crippen LogP contribution in [-0.4, -0.2) is 17.0 Å². The molecule has 2 rings (SSSR count). The van der Waals surface area contributed by atoms with E-state index in [1.165, 1.54) is 10.9 Å². The Morgan fingerprint density at radius 2 is 2.11 bits per heavy atom. The van der Waals surface area contributed by atoms with E-state index in [2.05, 4.69) is 50.4 Å². The van der Waals surface area contributed by atoms with Crippen LogP contribution in [0.2, 0.25) is 0 Å². The summed E-state index contributed by atoms with van der Waals surface area (Å²) in [4.78, 5) is 11.9. The summed E-state index contributed by atoms with van der Waals surface area (Å²) in [7, 11) is 0. The fraction of sp³-hybridized carbons (Fsp3) is 0.438. The Labute approximate surface area is 114 Å². The largest absolute Gasteiger partial charge is 0.355 e. The molecule has 0 atom stereocenters. The molecule has 0 fully saturated rings. The van der Waals surface area contributed by atoms with Crippen molar-refractivity contribution in [1.82, 2.24) is 9.88 Å². The number of hydrogen-bond acceptors (Lipinski definition) is 1. The molecule has 0 bridgehead atoms.